The standard InChI is InChI=1S/C18H26FN3O2.2ClH/c19-15-5-1-3-13(11-15)17(22-7-9-24-10-8-22)18(23)21-16-6-2-4-14(16)12-20;;/h1,3,5,11,14,16-17H,2,4,6-10,12,20H2,(H,21,23);2*1H. The molecule has 26 heavy (non-hydrogen) atoms. The van der Waals surface area contributed by atoms with Crippen molar-refractivity contribution in [1.29, 1.82) is 0 Å². The van der Waals surface area contributed by atoms with Crippen molar-refractivity contribution in [2.75, 3.05) is 32.8 Å². The molecule has 8 heteroatoms. The van der Waals surface area contributed by atoms with E-state index < -0.39 is 6.04 Å². The SMILES string of the molecule is Cl.Cl.NCC1CCCC1NC(=O)C(c1cccc(F)c1)N1CCOCC1. The van der Waals surface area contributed by atoms with Crippen LogP contribution in [0.1, 0.15) is 30.9 Å². The molecule has 0 aromatic heterocycles. The molecule has 1 aliphatic carbocycles. The van der Waals surface area contributed by atoms with Gasteiger partial charge in [0.1, 0.15) is 11.9 Å². The van der Waals surface area contributed by atoms with Crippen LogP contribution in [-0.2, 0) is 9.53 Å². The molecule has 1 amide bonds. The Morgan fingerprint density at radius 3 is 2.69 bits per heavy atom. The zero-order valence-electron chi connectivity index (χ0n) is 14.7. The van der Waals surface area contributed by atoms with Crippen LogP contribution >= 0.6 is 24.8 Å². The summed E-state index contributed by atoms with van der Waals surface area (Å²) in [5.74, 6) is -0.0427. The molecule has 1 saturated heterocycles. The summed E-state index contributed by atoms with van der Waals surface area (Å²) in [4.78, 5) is 15.1. The Hall–Kier alpha value is -0.920. The van der Waals surface area contributed by atoms with E-state index in [-0.39, 0.29) is 42.6 Å². The highest BCUT2D eigenvalue weighted by Crippen LogP contribution is 2.27. The highest BCUT2D eigenvalue weighted by Gasteiger charge is 2.33. The number of nitrogens with two attached hydrogens (primary N) is 1. The fraction of sp³-hybridized carbons (Fsp3) is 0.611. The van der Waals surface area contributed by atoms with E-state index in [0.717, 1.165) is 19.3 Å². The first-order chi connectivity index (χ1) is 11.7. The third kappa shape index (κ3) is 5.54. The van der Waals surface area contributed by atoms with Crippen molar-refractivity contribution in [3.05, 3.63) is 35.6 Å². The second-order valence-electron chi connectivity index (χ2n) is 6.65. The van der Waals surface area contributed by atoms with E-state index in [2.05, 4.69) is 10.2 Å². The first-order valence-corrected chi connectivity index (χ1v) is 8.76. The first kappa shape index (κ1) is 23.1. The normalized spacial score (nSPS) is 24.2. The van der Waals surface area contributed by atoms with Crippen LogP contribution in [0.25, 0.3) is 0 Å². The molecule has 5 nitrogen and oxygen atoms in total. The van der Waals surface area contributed by atoms with E-state index in [4.69, 9.17) is 10.5 Å². The van der Waals surface area contributed by atoms with Crippen molar-refractivity contribution in [3.8, 4) is 0 Å². The summed E-state index contributed by atoms with van der Waals surface area (Å²) in [6.07, 6.45) is 3.12. The lowest BCUT2D eigenvalue weighted by atomic mass is 10.0. The van der Waals surface area contributed by atoms with Gasteiger partial charge in [-0.05, 0) is 43.0 Å². The Morgan fingerprint density at radius 2 is 2.04 bits per heavy atom. The van der Waals surface area contributed by atoms with Gasteiger partial charge in [-0.3, -0.25) is 9.69 Å². The quantitative estimate of drug-likeness (QED) is 0.785. The minimum absolute atomic E-state index is 0. The number of rotatable bonds is 5. The van der Waals surface area contributed by atoms with Gasteiger partial charge < -0.3 is 15.8 Å². The molecule has 1 saturated carbocycles. The predicted molar refractivity (Wildman–Crippen MR) is 104 cm³/mol. The van der Waals surface area contributed by atoms with Gasteiger partial charge in [0.05, 0.1) is 13.2 Å². The lowest BCUT2D eigenvalue weighted by Crippen LogP contribution is -2.49. The van der Waals surface area contributed by atoms with Gasteiger partial charge in [0.15, 0.2) is 0 Å². The van der Waals surface area contributed by atoms with Crippen molar-refractivity contribution in [3.63, 3.8) is 0 Å². The molecule has 3 atom stereocenters. The van der Waals surface area contributed by atoms with Crippen molar-refractivity contribution in [1.82, 2.24) is 10.2 Å². The van der Waals surface area contributed by atoms with Crippen LogP contribution < -0.4 is 11.1 Å². The van der Waals surface area contributed by atoms with Gasteiger partial charge in [0.25, 0.3) is 0 Å². The summed E-state index contributed by atoms with van der Waals surface area (Å²) in [5, 5.41) is 3.17. The lowest BCUT2D eigenvalue weighted by molar-refractivity contribution is -0.129. The highest BCUT2D eigenvalue weighted by atomic mass is 35.5. The fourth-order valence-electron chi connectivity index (χ4n) is 3.81. The maximum absolute atomic E-state index is 13.7. The third-order valence-electron chi connectivity index (χ3n) is 5.11. The summed E-state index contributed by atoms with van der Waals surface area (Å²) < 4.78 is 19.1. The molecule has 0 radical (unpaired) electrons. The van der Waals surface area contributed by atoms with Gasteiger partial charge in [-0.1, -0.05) is 18.6 Å². The predicted octanol–water partition coefficient (Wildman–Crippen LogP) is 2.29. The number of benzene rings is 1. The maximum atomic E-state index is 13.7. The first-order valence-electron chi connectivity index (χ1n) is 8.76. The molecule has 3 rings (SSSR count). The number of hydrogen-bond donors (Lipinski definition) is 2. The summed E-state index contributed by atoms with van der Waals surface area (Å²) in [7, 11) is 0. The molecule has 1 aromatic rings. The number of carbonyl (C=O) groups is 1. The van der Waals surface area contributed by atoms with Crippen LogP contribution in [0, 0.1) is 11.7 Å². The van der Waals surface area contributed by atoms with E-state index in [1.165, 1.54) is 12.1 Å². The molecular formula is C18H28Cl2FN3O2. The van der Waals surface area contributed by atoms with Gasteiger partial charge in [0, 0.05) is 19.1 Å². The molecule has 148 valence electrons. The topological polar surface area (TPSA) is 67.6 Å². The highest BCUT2D eigenvalue weighted by molar-refractivity contribution is 5.85. The number of ether oxygens (including phenoxy) is 1. The number of carbonyl (C=O) groups excluding carboxylic acids is 1. The lowest BCUT2D eigenvalue weighted by Gasteiger charge is -2.35. The summed E-state index contributed by atoms with van der Waals surface area (Å²) >= 11 is 0. The van der Waals surface area contributed by atoms with Crippen molar-refractivity contribution < 1.29 is 13.9 Å². The van der Waals surface area contributed by atoms with Gasteiger partial charge in [0.2, 0.25) is 5.91 Å². The minimum Gasteiger partial charge on any atom is -0.379 e. The molecular weight excluding hydrogens is 380 g/mol. The summed E-state index contributed by atoms with van der Waals surface area (Å²) in [5.41, 5.74) is 6.51. The molecule has 1 aliphatic heterocycles. The van der Waals surface area contributed by atoms with Crippen molar-refractivity contribution >= 4 is 30.7 Å². The Labute approximate surface area is 166 Å². The Bertz CT molecular complexity index is 573. The monoisotopic (exact) mass is 407 g/mol. The molecule has 3 N–H and O–H groups in total. The van der Waals surface area contributed by atoms with Gasteiger partial charge >= 0.3 is 0 Å². The average Bonchev–Trinajstić information content (AvgIpc) is 3.03. The zero-order valence-corrected chi connectivity index (χ0v) is 16.4. The average molecular weight is 408 g/mol. The van der Waals surface area contributed by atoms with Gasteiger partial charge in [-0.25, -0.2) is 4.39 Å². The van der Waals surface area contributed by atoms with Crippen molar-refractivity contribution in [2.45, 2.75) is 31.3 Å². The van der Waals surface area contributed by atoms with Gasteiger partial charge in [-0.2, -0.15) is 0 Å². The number of hydrogen-bond acceptors (Lipinski definition) is 4. The second kappa shape index (κ2) is 11.0. The molecule has 2 aliphatic rings. The number of morpholine rings is 1. The Morgan fingerprint density at radius 1 is 1.31 bits per heavy atom. The third-order valence-corrected chi connectivity index (χ3v) is 5.11. The zero-order chi connectivity index (χ0) is 16.9. The molecule has 0 bridgehead atoms. The summed E-state index contributed by atoms with van der Waals surface area (Å²) in [6.45, 7) is 3.11. The van der Waals surface area contributed by atoms with Crippen LogP contribution in [0.3, 0.4) is 0 Å². The second-order valence-corrected chi connectivity index (χ2v) is 6.65. The van der Waals surface area contributed by atoms with E-state index in [1.807, 2.05) is 6.07 Å². The van der Waals surface area contributed by atoms with Crippen LogP contribution in [-0.4, -0.2) is 49.7 Å². The van der Waals surface area contributed by atoms with Crippen LogP contribution in [0.5, 0.6) is 0 Å². The molecule has 2 fully saturated rings. The number of halogens is 3. The van der Waals surface area contributed by atoms with Crippen LogP contribution in [0.4, 0.5) is 4.39 Å². The molecule has 3 unspecified atom stereocenters. The molecule has 1 heterocycles. The largest absolute Gasteiger partial charge is 0.379 e. The molecule has 1 aromatic carbocycles. The van der Waals surface area contributed by atoms with E-state index in [9.17, 15) is 9.18 Å². The van der Waals surface area contributed by atoms with E-state index in [1.54, 1.807) is 6.07 Å². The maximum Gasteiger partial charge on any atom is 0.242 e. The smallest absolute Gasteiger partial charge is 0.242 e. The Kier molecular flexibility index (Phi) is 9.82. The summed E-state index contributed by atoms with van der Waals surface area (Å²) in [6, 6.07) is 5.97. The number of nitrogens with zero attached hydrogens (tertiary/aromatic N) is 1. The molecule has 0 spiro atoms. The fourth-order valence-corrected chi connectivity index (χ4v) is 3.81. The Balaban J connectivity index is 0.00000169. The number of nitrogens with one attached hydrogen (secondary N) is 1. The van der Waals surface area contributed by atoms with Crippen LogP contribution in [0.2, 0.25) is 0 Å². The minimum atomic E-state index is -0.483. The van der Waals surface area contributed by atoms with Gasteiger partial charge in [-0.15, -0.1) is 24.8 Å². The van der Waals surface area contributed by atoms with E-state index >= 15 is 0 Å². The van der Waals surface area contributed by atoms with Crippen LogP contribution in [0.15, 0.2) is 24.3 Å². The van der Waals surface area contributed by atoms with Crippen molar-refractivity contribution in [2.24, 2.45) is 11.7 Å². The number of amides is 1. The van der Waals surface area contributed by atoms with E-state index in [0.29, 0.717) is 44.3 Å².